The Hall–Kier alpha value is -2.10. The Bertz CT molecular complexity index is 536. The quantitative estimate of drug-likeness (QED) is 0.787. The molecule has 20 heavy (non-hydrogen) atoms. The molecule has 0 bridgehead atoms. The highest BCUT2D eigenvalue weighted by Crippen LogP contribution is 2.39. The normalized spacial score (nSPS) is 17.2. The van der Waals surface area contributed by atoms with E-state index in [-0.39, 0.29) is 5.92 Å². The number of carbonyl (C=O) groups excluding carboxylic acids is 2. The minimum absolute atomic E-state index is 0.0598. The second kappa shape index (κ2) is 6.37. The van der Waals surface area contributed by atoms with Gasteiger partial charge in [0.2, 0.25) is 0 Å². The van der Waals surface area contributed by atoms with Crippen LogP contribution < -0.4 is 4.90 Å². The second-order valence-electron chi connectivity index (χ2n) is 4.84. The first-order valence-electron chi connectivity index (χ1n) is 6.86. The van der Waals surface area contributed by atoms with E-state index in [0.29, 0.717) is 5.57 Å². The van der Waals surface area contributed by atoms with Gasteiger partial charge in [-0.2, -0.15) is 0 Å². The van der Waals surface area contributed by atoms with Gasteiger partial charge in [-0.05, 0) is 18.1 Å². The molecule has 0 spiro atoms. The maximum Gasteiger partial charge on any atom is 0.418 e. The molecule has 0 saturated carbocycles. The third kappa shape index (κ3) is 2.59. The number of hydrogen-bond donors (Lipinski definition) is 0. The Kier molecular flexibility index (Phi) is 4.56. The zero-order valence-electron chi connectivity index (χ0n) is 11.8. The molecule has 0 N–H and O–H groups in total. The van der Waals surface area contributed by atoms with Gasteiger partial charge in [-0.1, -0.05) is 38.0 Å². The largest absolute Gasteiger partial charge is 0.452 e. The highest BCUT2D eigenvalue weighted by molar-refractivity contribution is 5.95. The molecule has 1 atom stereocenters. The van der Waals surface area contributed by atoms with Crippen molar-refractivity contribution >= 4 is 18.1 Å². The molecule has 1 aromatic rings. The number of allylic oxidation sites excluding steroid dienone is 1. The Morgan fingerprint density at radius 3 is 2.80 bits per heavy atom. The number of amides is 1. The number of benzene rings is 1. The van der Waals surface area contributed by atoms with Gasteiger partial charge >= 0.3 is 6.09 Å². The number of rotatable bonds is 4. The van der Waals surface area contributed by atoms with Crippen LogP contribution in [0.4, 0.5) is 10.5 Å². The summed E-state index contributed by atoms with van der Waals surface area (Å²) >= 11 is 0. The lowest BCUT2D eigenvalue weighted by Gasteiger charge is -2.30. The standard InChI is InChI=1S/C16H19NO3/c1-3-4-7-13-12(11-18)10-17(16(19)20-2)15-9-6-5-8-14(13)15/h5-6,8-11,13H,3-4,7H2,1-2H3/t13-/m1/s1. The number of hydrogen-bond acceptors (Lipinski definition) is 3. The van der Waals surface area contributed by atoms with Crippen molar-refractivity contribution in [2.75, 3.05) is 12.0 Å². The van der Waals surface area contributed by atoms with Crippen LogP contribution in [0.5, 0.6) is 0 Å². The fourth-order valence-corrected chi connectivity index (χ4v) is 2.58. The lowest BCUT2D eigenvalue weighted by atomic mass is 9.84. The van der Waals surface area contributed by atoms with Crippen molar-refractivity contribution < 1.29 is 14.3 Å². The van der Waals surface area contributed by atoms with E-state index < -0.39 is 6.09 Å². The molecule has 1 aliphatic rings. The zero-order valence-corrected chi connectivity index (χ0v) is 11.8. The van der Waals surface area contributed by atoms with Crippen LogP contribution in [0, 0.1) is 0 Å². The molecule has 0 radical (unpaired) electrons. The highest BCUT2D eigenvalue weighted by atomic mass is 16.5. The van der Waals surface area contributed by atoms with E-state index in [1.54, 1.807) is 6.20 Å². The number of carbonyl (C=O) groups is 2. The van der Waals surface area contributed by atoms with Gasteiger partial charge in [0.05, 0.1) is 12.8 Å². The Labute approximate surface area is 119 Å². The molecule has 0 saturated heterocycles. The highest BCUT2D eigenvalue weighted by Gasteiger charge is 2.29. The third-order valence-electron chi connectivity index (χ3n) is 3.61. The van der Waals surface area contributed by atoms with Gasteiger partial charge in [-0.15, -0.1) is 0 Å². The van der Waals surface area contributed by atoms with Crippen molar-refractivity contribution in [1.29, 1.82) is 0 Å². The minimum atomic E-state index is -0.481. The van der Waals surface area contributed by atoms with Crippen molar-refractivity contribution in [3.63, 3.8) is 0 Å². The van der Waals surface area contributed by atoms with Gasteiger partial charge in [0, 0.05) is 17.7 Å². The van der Waals surface area contributed by atoms with E-state index in [1.807, 2.05) is 24.3 Å². The van der Waals surface area contributed by atoms with Crippen molar-refractivity contribution in [3.8, 4) is 0 Å². The third-order valence-corrected chi connectivity index (χ3v) is 3.61. The first-order chi connectivity index (χ1) is 9.72. The Morgan fingerprint density at radius 2 is 2.15 bits per heavy atom. The molecule has 4 heteroatoms. The van der Waals surface area contributed by atoms with E-state index in [9.17, 15) is 9.59 Å². The van der Waals surface area contributed by atoms with Gasteiger partial charge in [0.1, 0.15) is 6.29 Å². The summed E-state index contributed by atoms with van der Waals surface area (Å²) in [7, 11) is 1.34. The summed E-state index contributed by atoms with van der Waals surface area (Å²) in [6.07, 6.45) is 4.99. The van der Waals surface area contributed by atoms with Crippen LogP contribution in [0.25, 0.3) is 0 Å². The second-order valence-corrected chi connectivity index (χ2v) is 4.84. The first-order valence-corrected chi connectivity index (χ1v) is 6.86. The number of unbranched alkanes of at least 4 members (excludes halogenated alkanes) is 1. The molecule has 0 fully saturated rings. The van der Waals surface area contributed by atoms with Crippen molar-refractivity contribution in [3.05, 3.63) is 41.6 Å². The van der Waals surface area contributed by atoms with Crippen molar-refractivity contribution in [1.82, 2.24) is 0 Å². The van der Waals surface area contributed by atoms with Gasteiger partial charge in [-0.25, -0.2) is 4.79 Å². The number of fused-ring (bicyclic) bond motifs is 1. The molecule has 1 heterocycles. The van der Waals surface area contributed by atoms with E-state index in [0.717, 1.165) is 36.8 Å². The smallest absolute Gasteiger partial charge is 0.418 e. The van der Waals surface area contributed by atoms with E-state index in [1.165, 1.54) is 12.0 Å². The molecule has 4 nitrogen and oxygen atoms in total. The molecule has 2 rings (SSSR count). The Balaban J connectivity index is 2.46. The fraction of sp³-hybridized carbons (Fsp3) is 0.375. The molecule has 1 aliphatic heterocycles. The molecular formula is C16H19NO3. The number of nitrogens with zero attached hydrogens (tertiary/aromatic N) is 1. The summed E-state index contributed by atoms with van der Waals surface area (Å²) in [6, 6.07) is 7.66. The number of anilines is 1. The maximum absolute atomic E-state index is 11.9. The molecule has 1 aromatic carbocycles. The molecule has 0 unspecified atom stereocenters. The molecule has 106 valence electrons. The van der Waals surface area contributed by atoms with Crippen molar-refractivity contribution in [2.24, 2.45) is 0 Å². The maximum atomic E-state index is 11.9. The van der Waals surface area contributed by atoms with Crippen LogP contribution in [0.1, 0.15) is 37.7 Å². The summed E-state index contributed by atoms with van der Waals surface area (Å²) in [5.41, 5.74) is 2.43. The average molecular weight is 273 g/mol. The SMILES string of the molecule is CCCC[C@@H]1C(C=O)=CN(C(=O)OC)c2ccccc21. The van der Waals surface area contributed by atoms with Gasteiger partial charge in [0.25, 0.3) is 0 Å². The summed E-state index contributed by atoms with van der Waals surface area (Å²) in [5.74, 6) is 0.0598. The number of ether oxygens (including phenoxy) is 1. The minimum Gasteiger partial charge on any atom is -0.452 e. The summed E-state index contributed by atoms with van der Waals surface area (Å²) in [4.78, 5) is 24.6. The predicted molar refractivity (Wildman–Crippen MR) is 77.7 cm³/mol. The number of para-hydroxylation sites is 1. The molecular weight excluding hydrogens is 254 g/mol. The van der Waals surface area contributed by atoms with Gasteiger partial charge < -0.3 is 4.74 Å². The summed E-state index contributed by atoms with van der Waals surface area (Å²) in [5, 5.41) is 0. The predicted octanol–water partition coefficient (Wildman–Crippen LogP) is 3.63. The van der Waals surface area contributed by atoms with Gasteiger partial charge in [-0.3, -0.25) is 9.69 Å². The lowest BCUT2D eigenvalue weighted by Crippen LogP contribution is -2.31. The van der Waals surface area contributed by atoms with Crippen molar-refractivity contribution in [2.45, 2.75) is 32.1 Å². The summed E-state index contributed by atoms with van der Waals surface area (Å²) < 4.78 is 4.78. The van der Waals surface area contributed by atoms with Crippen LogP contribution in [0.15, 0.2) is 36.0 Å². The van der Waals surface area contributed by atoms with E-state index in [4.69, 9.17) is 4.74 Å². The fourth-order valence-electron chi connectivity index (χ4n) is 2.58. The van der Waals surface area contributed by atoms with Crippen LogP contribution in [-0.2, 0) is 9.53 Å². The average Bonchev–Trinajstić information content (AvgIpc) is 2.51. The van der Waals surface area contributed by atoms with Crippen LogP contribution in [0.3, 0.4) is 0 Å². The van der Waals surface area contributed by atoms with E-state index >= 15 is 0 Å². The first kappa shape index (κ1) is 14.3. The lowest BCUT2D eigenvalue weighted by molar-refractivity contribution is -0.105. The Morgan fingerprint density at radius 1 is 1.40 bits per heavy atom. The van der Waals surface area contributed by atoms with E-state index in [2.05, 4.69) is 6.92 Å². The number of methoxy groups -OCH3 is 1. The van der Waals surface area contributed by atoms with Gasteiger partial charge in [0.15, 0.2) is 0 Å². The molecule has 1 amide bonds. The zero-order chi connectivity index (χ0) is 14.5. The number of aldehydes is 1. The molecule has 0 aliphatic carbocycles. The monoisotopic (exact) mass is 273 g/mol. The topological polar surface area (TPSA) is 46.6 Å². The van der Waals surface area contributed by atoms with Crippen LogP contribution in [-0.4, -0.2) is 19.5 Å². The van der Waals surface area contributed by atoms with Crippen LogP contribution in [0.2, 0.25) is 0 Å². The summed E-state index contributed by atoms with van der Waals surface area (Å²) in [6.45, 7) is 2.12. The molecule has 0 aromatic heterocycles. The van der Waals surface area contributed by atoms with Crippen LogP contribution >= 0.6 is 0 Å².